The highest BCUT2D eigenvalue weighted by Crippen LogP contribution is 2.22. The first-order chi connectivity index (χ1) is 6.45. The van der Waals surface area contributed by atoms with Crippen LogP contribution in [-0.2, 0) is 21.1 Å². The van der Waals surface area contributed by atoms with Crippen molar-refractivity contribution in [3.05, 3.63) is 28.8 Å². The van der Waals surface area contributed by atoms with Gasteiger partial charge in [-0.05, 0) is 17.7 Å². The normalized spacial score (nSPS) is 11.3. The number of sulfone groups is 1. The molecule has 76 valence electrons. The second kappa shape index (κ2) is 4.11. The Morgan fingerprint density at radius 2 is 2.07 bits per heavy atom. The van der Waals surface area contributed by atoms with Gasteiger partial charge >= 0.3 is 0 Å². The van der Waals surface area contributed by atoms with Crippen LogP contribution in [0, 0.1) is 0 Å². The first-order valence-electron chi connectivity index (χ1n) is 3.87. The van der Waals surface area contributed by atoms with Crippen molar-refractivity contribution in [1.29, 1.82) is 0 Å². The fourth-order valence-corrected chi connectivity index (χ4v) is 2.42. The molecule has 1 rings (SSSR count). The van der Waals surface area contributed by atoms with E-state index in [-0.39, 0.29) is 16.3 Å². The number of hydrogen-bond acceptors (Lipinski definition) is 3. The first kappa shape index (κ1) is 11.2. The Morgan fingerprint density at radius 1 is 1.43 bits per heavy atom. The van der Waals surface area contributed by atoms with Crippen LogP contribution < -0.4 is 0 Å². The van der Waals surface area contributed by atoms with E-state index >= 15 is 0 Å². The van der Waals surface area contributed by atoms with Crippen molar-refractivity contribution < 1.29 is 13.2 Å². The third-order valence-corrected chi connectivity index (χ3v) is 3.29. The van der Waals surface area contributed by atoms with Gasteiger partial charge < -0.3 is 4.79 Å². The first-order valence-corrected chi connectivity index (χ1v) is 6.14. The van der Waals surface area contributed by atoms with Gasteiger partial charge in [-0.15, -0.1) is 0 Å². The summed E-state index contributed by atoms with van der Waals surface area (Å²) in [5.41, 5.74) is 0.706. The fourth-order valence-electron chi connectivity index (χ4n) is 1.07. The highest BCUT2D eigenvalue weighted by Gasteiger charge is 2.11. The van der Waals surface area contributed by atoms with Gasteiger partial charge in [0.15, 0.2) is 9.84 Å². The molecule has 0 saturated heterocycles. The van der Waals surface area contributed by atoms with E-state index in [0.717, 1.165) is 12.5 Å². The van der Waals surface area contributed by atoms with E-state index < -0.39 is 9.84 Å². The van der Waals surface area contributed by atoms with Crippen molar-refractivity contribution in [3.63, 3.8) is 0 Å². The third kappa shape index (κ3) is 2.56. The maximum absolute atomic E-state index is 11.2. The van der Waals surface area contributed by atoms with Crippen molar-refractivity contribution in [1.82, 2.24) is 0 Å². The number of hydrogen-bond donors (Lipinski definition) is 0. The molecule has 0 saturated carbocycles. The van der Waals surface area contributed by atoms with E-state index in [1.807, 2.05) is 0 Å². The topological polar surface area (TPSA) is 51.2 Å². The molecule has 3 nitrogen and oxygen atoms in total. The zero-order chi connectivity index (χ0) is 10.8. The van der Waals surface area contributed by atoms with Crippen LogP contribution in [0.5, 0.6) is 0 Å². The highest BCUT2D eigenvalue weighted by molar-refractivity contribution is 7.90. The van der Waals surface area contributed by atoms with Crippen LogP contribution >= 0.6 is 11.6 Å². The van der Waals surface area contributed by atoms with Crippen molar-refractivity contribution in [2.45, 2.75) is 11.3 Å². The molecule has 0 atom stereocenters. The molecule has 14 heavy (non-hydrogen) atoms. The van der Waals surface area contributed by atoms with Crippen LogP contribution in [0.1, 0.15) is 5.56 Å². The molecule has 0 aromatic heterocycles. The Labute approximate surface area is 87.6 Å². The van der Waals surface area contributed by atoms with Crippen molar-refractivity contribution in [2.75, 3.05) is 6.26 Å². The number of rotatable bonds is 3. The van der Waals surface area contributed by atoms with E-state index in [1.54, 1.807) is 6.07 Å². The Morgan fingerprint density at radius 3 is 2.50 bits per heavy atom. The third-order valence-electron chi connectivity index (χ3n) is 1.71. The number of carbonyl (C=O) groups is 1. The summed E-state index contributed by atoms with van der Waals surface area (Å²) < 4.78 is 22.3. The minimum absolute atomic E-state index is 0.0915. The molecule has 0 N–H and O–H groups in total. The Balaban J connectivity index is 3.21. The molecule has 0 bridgehead atoms. The van der Waals surface area contributed by atoms with E-state index in [0.29, 0.717) is 5.56 Å². The van der Waals surface area contributed by atoms with E-state index in [2.05, 4.69) is 0 Å². The smallest absolute Gasteiger partial charge is 0.176 e. The van der Waals surface area contributed by atoms with Crippen molar-refractivity contribution in [2.24, 2.45) is 0 Å². The maximum atomic E-state index is 11.2. The summed E-state index contributed by atoms with van der Waals surface area (Å²) in [6.07, 6.45) is 2.07. The number of halogens is 1. The largest absolute Gasteiger partial charge is 0.303 e. The molecule has 0 spiro atoms. The van der Waals surface area contributed by atoms with Gasteiger partial charge in [0, 0.05) is 12.7 Å². The second-order valence-corrected chi connectivity index (χ2v) is 5.30. The minimum atomic E-state index is -3.29. The van der Waals surface area contributed by atoms with Crippen LogP contribution in [0.3, 0.4) is 0 Å². The summed E-state index contributed by atoms with van der Waals surface area (Å²) >= 11 is 5.75. The highest BCUT2D eigenvalue weighted by atomic mass is 35.5. The van der Waals surface area contributed by atoms with Gasteiger partial charge in [0.25, 0.3) is 0 Å². The average Bonchev–Trinajstić information content (AvgIpc) is 2.02. The molecule has 5 heteroatoms. The summed E-state index contributed by atoms with van der Waals surface area (Å²) in [5, 5.41) is 0.159. The zero-order valence-corrected chi connectivity index (χ0v) is 9.10. The van der Waals surface area contributed by atoms with Crippen molar-refractivity contribution >= 4 is 27.7 Å². The number of benzene rings is 1. The van der Waals surface area contributed by atoms with Gasteiger partial charge in [-0.25, -0.2) is 8.42 Å². The fraction of sp³-hybridized carbons (Fsp3) is 0.222. The zero-order valence-electron chi connectivity index (χ0n) is 7.53. The Bertz CT molecular complexity index is 451. The molecule has 0 aliphatic rings. The van der Waals surface area contributed by atoms with Crippen LogP contribution in [0.4, 0.5) is 0 Å². The molecule has 0 aliphatic carbocycles. The van der Waals surface area contributed by atoms with Crippen LogP contribution in [0.15, 0.2) is 23.1 Å². The molecule has 0 radical (unpaired) electrons. The van der Waals surface area contributed by atoms with Gasteiger partial charge in [0.05, 0.1) is 9.92 Å². The number of carbonyl (C=O) groups excluding carboxylic acids is 1. The van der Waals surface area contributed by atoms with Crippen LogP contribution in [0.2, 0.25) is 5.02 Å². The van der Waals surface area contributed by atoms with Gasteiger partial charge in [0.2, 0.25) is 0 Å². The Hall–Kier alpha value is -0.870. The lowest BCUT2D eigenvalue weighted by molar-refractivity contribution is -0.107. The maximum Gasteiger partial charge on any atom is 0.176 e. The van der Waals surface area contributed by atoms with Crippen LogP contribution in [-0.4, -0.2) is 21.0 Å². The molecule has 0 heterocycles. The quantitative estimate of drug-likeness (QED) is 0.742. The van der Waals surface area contributed by atoms with Gasteiger partial charge in [0.1, 0.15) is 6.29 Å². The molecule has 1 aromatic rings. The van der Waals surface area contributed by atoms with Gasteiger partial charge in [-0.3, -0.25) is 0 Å². The summed E-state index contributed by atoms with van der Waals surface area (Å²) in [4.78, 5) is 10.3. The molecule has 0 aliphatic heterocycles. The molecular formula is C9H9ClO3S. The second-order valence-electron chi connectivity index (χ2n) is 2.91. The minimum Gasteiger partial charge on any atom is -0.303 e. The standard InChI is InChI=1S/C9H9ClO3S/c1-14(12,13)9-3-2-7(4-5-11)6-8(9)10/h2-3,5-6H,4H2,1H3. The molecule has 0 unspecified atom stereocenters. The lowest BCUT2D eigenvalue weighted by atomic mass is 10.2. The van der Waals surface area contributed by atoms with Crippen molar-refractivity contribution in [3.8, 4) is 0 Å². The molecule has 0 amide bonds. The molecular weight excluding hydrogens is 224 g/mol. The van der Waals surface area contributed by atoms with Gasteiger partial charge in [-0.1, -0.05) is 17.7 Å². The summed E-state index contributed by atoms with van der Waals surface area (Å²) in [7, 11) is -3.29. The lowest BCUT2D eigenvalue weighted by Crippen LogP contribution is -1.98. The predicted octanol–water partition coefficient (Wildman–Crippen LogP) is 1.48. The summed E-state index contributed by atoms with van der Waals surface area (Å²) in [6.45, 7) is 0. The van der Waals surface area contributed by atoms with Gasteiger partial charge in [-0.2, -0.15) is 0 Å². The molecule has 1 aromatic carbocycles. The Kier molecular flexibility index (Phi) is 3.29. The predicted molar refractivity (Wildman–Crippen MR) is 54.3 cm³/mol. The molecule has 0 fully saturated rings. The summed E-state index contributed by atoms with van der Waals surface area (Å²) in [5.74, 6) is 0. The summed E-state index contributed by atoms with van der Waals surface area (Å²) in [6, 6.07) is 4.49. The van der Waals surface area contributed by atoms with E-state index in [4.69, 9.17) is 11.6 Å². The van der Waals surface area contributed by atoms with Crippen LogP contribution in [0.25, 0.3) is 0 Å². The lowest BCUT2D eigenvalue weighted by Gasteiger charge is -2.02. The number of aldehydes is 1. The van der Waals surface area contributed by atoms with E-state index in [1.165, 1.54) is 12.1 Å². The average molecular weight is 233 g/mol. The van der Waals surface area contributed by atoms with E-state index in [9.17, 15) is 13.2 Å². The SMILES string of the molecule is CS(=O)(=O)c1ccc(CC=O)cc1Cl. The monoisotopic (exact) mass is 232 g/mol.